The second-order valence-corrected chi connectivity index (χ2v) is 13.1. The van der Waals surface area contributed by atoms with E-state index in [-0.39, 0.29) is 30.0 Å². The summed E-state index contributed by atoms with van der Waals surface area (Å²) in [6, 6.07) is 9.41. The number of aryl methyl sites for hydroxylation is 1. The summed E-state index contributed by atoms with van der Waals surface area (Å²) < 4.78 is 44.6. The van der Waals surface area contributed by atoms with E-state index in [1.165, 1.54) is 0 Å². The van der Waals surface area contributed by atoms with Gasteiger partial charge in [-0.05, 0) is 84.1 Å². The quantitative estimate of drug-likeness (QED) is 0.193. The van der Waals surface area contributed by atoms with Crippen molar-refractivity contribution in [2.75, 3.05) is 19.7 Å². The summed E-state index contributed by atoms with van der Waals surface area (Å²) in [6.07, 6.45) is 4.78. The van der Waals surface area contributed by atoms with Gasteiger partial charge in [-0.15, -0.1) is 0 Å². The van der Waals surface area contributed by atoms with E-state index in [9.17, 15) is 18.4 Å². The first-order valence-corrected chi connectivity index (χ1v) is 14.5. The second kappa shape index (κ2) is 12.1. The fraction of sp³-hybridized carbons (Fsp3) is 0.500. The molecule has 0 aliphatic carbocycles. The van der Waals surface area contributed by atoms with Gasteiger partial charge in [0, 0.05) is 6.54 Å². The highest BCUT2D eigenvalue weighted by Gasteiger charge is 2.53. The molecule has 10 heteroatoms. The Bertz CT molecular complexity index is 1340. The van der Waals surface area contributed by atoms with Crippen molar-refractivity contribution >= 4 is 23.8 Å². The third-order valence-corrected chi connectivity index (χ3v) is 7.41. The SMILES string of the molecule is CC(C)(C)OC(=O)N1CC2C=CCC(c3ccc(CCCOc4c(F)ccc(F)c4Cl)cc3)(C1)N2C(=O)OC(C)(C)C. The van der Waals surface area contributed by atoms with Crippen LogP contribution in [0.5, 0.6) is 5.75 Å². The highest BCUT2D eigenvalue weighted by atomic mass is 35.5. The molecule has 2 aliphatic heterocycles. The number of benzene rings is 2. The summed E-state index contributed by atoms with van der Waals surface area (Å²) >= 11 is 5.84. The van der Waals surface area contributed by atoms with E-state index < -0.39 is 40.6 Å². The summed E-state index contributed by atoms with van der Waals surface area (Å²) in [7, 11) is 0. The van der Waals surface area contributed by atoms with E-state index in [2.05, 4.69) is 6.08 Å². The Morgan fingerprint density at radius 2 is 1.57 bits per heavy atom. The smallest absolute Gasteiger partial charge is 0.411 e. The van der Waals surface area contributed by atoms with E-state index in [0.29, 0.717) is 25.8 Å². The molecule has 2 heterocycles. The van der Waals surface area contributed by atoms with Gasteiger partial charge in [0.1, 0.15) is 22.0 Å². The number of halogens is 3. The van der Waals surface area contributed by atoms with E-state index in [1.807, 2.05) is 71.9 Å². The van der Waals surface area contributed by atoms with Gasteiger partial charge < -0.3 is 19.1 Å². The van der Waals surface area contributed by atoms with Crippen molar-refractivity contribution in [2.45, 2.75) is 83.6 Å². The number of hydrogen-bond acceptors (Lipinski definition) is 5. The lowest BCUT2D eigenvalue weighted by Gasteiger charge is -2.55. The summed E-state index contributed by atoms with van der Waals surface area (Å²) in [6.45, 7) is 11.6. The fourth-order valence-corrected chi connectivity index (χ4v) is 5.53. The summed E-state index contributed by atoms with van der Waals surface area (Å²) in [5.74, 6) is -1.75. The number of amides is 2. The van der Waals surface area contributed by atoms with Crippen LogP contribution in [0.3, 0.4) is 0 Å². The third kappa shape index (κ3) is 7.17. The largest absolute Gasteiger partial charge is 0.489 e. The number of rotatable bonds is 6. The predicted octanol–water partition coefficient (Wildman–Crippen LogP) is 7.64. The number of nitrogens with zero attached hydrogens (tertiary/aromatic N) is 2. The Kier molecular flexibility index (Phi) is 9.11. The van der Waals surface area contributed by atoms with Crippen LogP contribution in [0.25, 0.3) is 0 Å². The third-order valence-electron chi connectivity index (χ3n) is 7.06. The Hall–Kier alpha value is -3.33. The lowest BCUT2D eigenvalue weighted by molar-refractivity contribution is -0.0617. The van der Waals surface area contributed by atoms with Crippen molar-refractivity contribution in [3.63, 3.8) is 0 Å². The molecular weight excluding hydrogens is 566 g/mol. The zero-order valence-corrected chi connectivity index (χ0v) is 25.8. The van der Waals surface area contributed by atoms with Gasteiger partial charge >= 0.3 is 12.2 Å². The average Bonchev–Trinajstić information content (AvgIpc) is 2.88. The van der Waals surface area contributed by atoms with Crippen LogP contribution < -0.4 is 4.74 Å². The molecule has 0 aromatic heterocycles. The number of piperazine rings is 1. The number of hydrogen-bond donors (Lipinski definition) is 0. The minimum absolute atomic E-state index is 0.148. The molecule has 1 saturated heterocycles. The maximum absolute atomic E-state index is 14.0. The van der Waals surface area contributed by atoms with E-state index in [1.54, 1.807) is 9.80 Å². The van der Waals surface area contributed by atoms with Gasteiger partial charge in [0.05, 0.1) is 24.7 Å². The number of carbonyl (C=O) groups excluding carboxylic acids is 2. The number of carbonyl (C=O) groups is 2. The summed E-state index contributed by atoms with van der Waals surface area (Å²) in [5.41, 5.74) is -0.345. The molecule has 2 aromatic carbocycles. The van der Waals surface area contributed by atoms with Gasteiger partial charge in [0.2, 0.25) is 0 Å². The van der Waals surface area contributed by atoms with Crippen molar-refractivity contribution in [3.8, 4) is 5.75 Å². The number of ether oxygens (including phenoxy) is 3. The lowest BCUT2D eigenvalue weighted by Crippen LogP contribution is -2.68. The maximum Gasteiger partial charge on any atom is 0.411 e. The first-order chi connectivity index (χ1) is 19.6. The molecule has 4 rings (SSSR count). The molecule has 7 nitrogen and oxygen atoms in total. The highest BCUT2D eigenvalue weighted by Crippen LogP contribution is 2.43. The minimum atomic E-state index is -0.857. The zero-order chi connectivity index (χ0) is 30.9. The van der Waals surface area contributed by atoms with Crippen LogP contribution in [0.1, 0.15) is 65.5 Å². The Balaban J connectivity index is 1.54. The van der Waals surface area contributed by atoms with Gasteiger partial charge in [-0.2, -0.15) is 0 Å². The molecule has 0 spiro atoms. The first-order valence-electron chi connectivity index (χ1n) is 14.1. The Morgan fingerprint density at radius 1 is 0.952 bits per heavy atom. The molecule has 2 aliphatic rings. The van der Waals surface area contributed by atoms with Crippen LogP contribution in [0.2, 0.25) is 5.02 Å². The molecule has 0 radical (unpaired) electrons. The first kappa shape index (κ1) is 31.6. The molecule has 1 fully saturated rings. The van der Waals surface area contributed by atoms with Crippen LogP contribution in [0.15, 0.2) is 48.6 Å². The van der Waals surface area contributed by atoms with Gasteiger partial charge in [0.15, 0.2) is 11.6 Å². The van der Waals surface area contributed by atoms with Crippen LogP contribution in [-0.4, -0.2) is 58.9 Å². The van der Waals surface area contributed by atoms with Crippen molar-refractivity contribution in [3.05, 3.63) is 76.3 Å². The number of fused-ring (bicyclic) bond motifs is 2. The molecule has 2 amide bonds. The minimum Gasteiger partial charge on any atom is -0.489 e. The summed E-state index contributed by atoms with van der Waals surface area (Å²) in [4.78, 5) is 30.2. The monoisotopic (exact) mass is 604 g/mol. The van der Waals surface area contributed by atoms with E-state index in [4.69, 9.17) is 25.8 Å². The van der Waals surface area contributed by atoms with E-state index in [0.717, 1.165) is 23.3 Å². The zero-order valence-electron chi connectivity index (χ0n) is 25.0. The average molecular weight is 605 g/mol. The Morgan fingerprint density at radius 3 is 2.21 bits per heavy atom. The molecular formula is C32H39ClF2N2O5. The van der Waals surface area contributed by atoms with Crippen molar-refractivity contribution in [2.24, 2.45) is 0 Å². The second-order valence-electron chi connectivity index (χ2n) is 12.8. The maximum atomic E-state index is 14.0. The summed E-state index contributed by atoms with van der Waals surface area (Å²) in [5, 5.41) is -0.374. The molecule has 2 bridgehead atoms. The fourth-order valence-electron chi connectivity index (χ4n) is 5.32. The van der Waals surface area contributed by atoms with Gasteiger partial charge in [-0.25, -0.2) is 18.4 Å². The Labute approximate surface area is 251 Å². The van der Waals surface area contributed by atoms with Crippen LogP contribution in [0.4, 0.5) is 18.4 Å². The molecule has 228 valence electrons. The van der Waals surface area contributed by atoms with Gasteiger partial charge in [-0.3, -0.25) is 4.90 Å². The van der Waals surface area contributed by atoms with Crippen molar-refractivity contribution in [1.82, 2.24) is 9.80 Å². The predicted molar refractivity (Wildman–Crippen MR) is 157 cm³/mol. The van der Waals surface area contributed by atoms with Crippen molar-refractivity contribution in [1.29, 1.82) is 0 Å². The molecule has 2 unspecified atom stereocenters. The topological polar surface area (TPSA) is 68.3 Å². The van der Waals surface area contributed by atoms with Crippen LogP contribution in [-0.2, 0) is 21.4 Å². The van der Waals surface area contributed by atoms with Gasteiger partial charge in [0.25, 0.3) is 0 Å². The van der Waals surface area contributed by atoms with E-state index >= 15 is 0 Å². The molecule has 42 heavy (non-hydrogen) atoms. The molecule has 0 N–H and O–H groups in total. The normalized spacial score (nSPS) is 20.4. The highest BCUT2D eigenvalue weighted by molar-refractivity contribution is 6.32. The molecule has 2 aromatic rings. The van der Waals surface area contributed by atoms with Crippen LogP contribution >= 0.6 is 11.6 Å². The standard InChI is InChI=1S/C32H39ClF2N2O5/c1-30(2,3)41-28(38)36-19-23-10-7-17-32(20-36,37(23)29(39)42-31(4,5)6)22-13-11-21(12-14-22)9-8-18-40-27-25(35)16-15-24(34)26(27)33/h7,10-16,23H,8-9,17-20H2,1-6H3. The van der Waals surface area contributed by atoms with Crippen molar-refractivity contribution < 1.29 is 32.6 Å². The molecule has 0 saturated carbocycles. The van der Waals surface area contributed by atoms with Gasteiger partial charge in [-0.1, -0.05) is 48.0 Å². The lowest BCUT2D eigenvalue weighted by atomic mass is 9.78. The molecule has 2 atom stereocenters. The van der Waals surface area contributed by atoms with Crippen LogP contribution in [0, 0.1) is 11.6 Å².